The van der Waals surface area contributed by atoms with E-state index in [2.05, 4.69) is 0 Å². The number of Topliss-reactive ketones (excluding diaryl/α,β-unsaturated/α-hetero) is 1. The van der Waals surface area contributed by atoms with Gasteiger partial charge in [0.1, 0.15) is 5.78 Å². The van der Waals surface area contributed by atoms with Crippen molar-refractivity contribution in [1.82, 2.24) is 0 Å². The lowest BCUT2D eigenvalue weighted by Gasteiger charge is -2.39. The smallest absolute Gasteiger partial charge is 0.368 e. The highest BCUT2D eigenvalue weighted by Gasteiger charge is 2.35. The van der Waals surface area contributed by atoms with Crippen molar-refractivity contribution in [3.8, 4) is 0 Å². The molecule has 0 radical (unpaired) electrons. The molecule has 0 bridgehead atoms. The summed E-state index contributed by atoms with van der Waals surface area (Å²) < 4.78 is 38.9. The molecular formula is C15H18F3NO. The highest BCUT2D eigenvalue weighted by atomic mass is 19.4. The van der Waals surface area contributed by atoms with E-state index in [4.69, 9.17) is 0 Å². The van der Waals surface area contributed by atoms with Gasteiger partial charge in [0.25, 0.3) is 0 Å². The van der Waals surface area contributed by atoms with Crippen molar-refractivity contribution in [1.29, 1.82) is 0 Å². The second-order valence-corrected chi connectivity index (χ2v) is 5.44. The standard InChI is InChI=1S/C15H18F3NO/c1-9-4-5-12(8-13(9)15(16,17)18)19-7-6-14(20)10(2)11(19)3/h4-5,8,10-11H,6-7H2,1-3H3. The second-order valence-electron chi connectivity index (χ2n) is 5.44. The normalized spacial score (nSPS) is 24.1. The second kappa shape index (κ2) is 5.11. The van der Waals surface area contributed by atoms with Gasteiger partial charge in [-0.1, -0.05) is 13.0 Å². The van der Waals surface area contributed by atoms with Gasteiger partial charge in [-0.25, -0.2) is 0 Å². The Morgan fingerprint density at radius 3 is 2.50 bits per heavy atom. The summed E-state index contributed by atoms with van der Waals surface area (Å²) in [5, 5.41) is 0. The average Bonchev–Trinajstić information content (AvgIpc) is 2.36. The summed E-state index contributed by atoms with van der Waals surface area (Å²) in [6.07, 6.45) is -3.96. The molecule has 1 aliphatic rings. The molecule has 2 atom stereocenters. The molecule has 2 unspecified atom stereocenters. The van der Waals surface area contributed by atoms with Crippen molar-refractivity contribution in [2.24, 2.45) is 5.92 Å². The number of piperidine rings is 1. The number of hydrogen-bond acceptors (Lipinski definition) is 2. The number of nitrogens with zero attached hydrogens (tertiary/aromatic N) is 1. The van der Waals surface area contributed by atoms with E-state index in [-0.39, 0.29) is 23.3 Å². The maximum Gasteiger partial charge on any atom is 0.416 e. The molecule has 0 aromatic heterocycles. The van der Waals surface area contributed by atoms with Gasteiger partial charge >= 0.3 is 6.18 Å². The van der Waals surface area contributed by atoms with E-state index in [1.807, 2.05) is 18.7 Å². The zero-order valence-electron chi connectivity index (χ0n) is 11.8. The molecular weight excluding hydrogens is 267 g/mol. The van der Waals surface area contributed by atoms with Crippen LogP contribution in [-0.4, -0.2) is 18.4 Å². The Kier molecular flexibility index (Phi) is 3.80. The third-order valence-electron chi connectivity index (χ3n) is 4.18. The third-order valence-corrected chi connectivity index (χ3v) is 4.18. The lowest BCUT2D eigenvalue weighted by atomic mass is 9.90. The predicted molar refractivity (Wildman–Crippen MR) is 71.8 cm³/mol. The fraction of sp³-hybridized carbons (Fsp3) is 0.533. The van der Waals surface area contributed by atoms with Crippen LogP contribution in [-0.2, 0) is 11.0 Å². The molecule has 1 saturated heterocycles. The van der Waals surface area contributed by atoms with Gasteiger partial charge < -0.3 is 4.90 Å². The van der Waals surface area contributed by atoms with E-state index in [0.29, 0.717) is 18.7 Å². The maximum atomic E-state index is 13.0. The summed E-state index contributed by atoms with van der Waals surface area (Å²) in [6.45, 7) is 5.65. The Morgan fingerprint density at radius 1 is 1.25 bits per heavy atom. The minimum Gasteiger partial charge on any atom is -0.368 e. The molecule has 2 rings (SSSR count). The highest BCUT2D eigenvalue weighted by Crippen LogP contribution is 2.36. The van der Waals surface area contributed by atoms with Gasteiger partial charge in [0.15, 0.2) is 0 Å². The van der Waals surface area contributed by atoms with Crippen LogP contribution < -0.4 is 4.90 Å². The van der Waals surface area contributed by atoms with Crippen LogP contribution in [0.4, 0.5) is 18.9 Å². The summed E-state index contributed by atoms with van der Waals surface area (Å²) in [5.41, 5.74) is 0.150. The topological polar surface area (TPSA) is 20.3 Å². The molecule has 1 heterocycles. The largest absolute Gasteiger partial charge is 0.416 e. The van der Waals surface area contributed by atoms with Crippen molar-refractivity contribution in [2.45, 2.75) is 39.4 Å². The first-order chi connectivity index (χ1) is 9.21. The van der Waals surface area contributed by atoms with Crippen molar-refractivity contribution >= 4 is 11.5 Å². The molecule has 1 aliphatic heterocycles. The van der Waals surface area contributed by atoms with Crippen LogP contribution in [0, 0.1) is 12.8 Å². The third kappa shape index (κ3) is 2.67. The molecule has 5 heteroatoms. The summed E-state index contributed by atoms with van der Waals surface area (Å²) in [6, 6.07) is 4.30. The van der Waals surface area contributed by atoms with Crippen LogP contribution in [0.25, 0.3) is 0 Å². The molecule has 0 amide bonds. The SMILES string of the molecule is Cc1ccc(N2CCC(=O)C(C)C2C)cc1C(F)(F)F. The molecule has 2 nitrogen and oxygen atoms in total. The van der Waals surface area contributed by atoms with Crippen LogP contribution in [0.3, 0.4) is 0 Å². The Labute approximate surface area is 116 Å². The van der Waals surface area contributed by atoms with Gasteiger partial charge in [-0.05, 0) is 31.5 Å². The van der Waals surface area contributed by atoms with Gasteiger partial charge in [0.2, 0.25) is 0 Å². The molecule has 0 spiro atoms. The Balaban J connectivity index is 2.36. The van der Waals surface area contributed by atoms with Gasteiger partial charge in [-0.3, -0.25) is 4.79 Å². The Hall–Kier alpha value is -1.52. The number of carbonyl (C=O) groups excluding carboxylic acids is 1. The first kappa shape index (κ1) is 14.9. The molecule has 0 aliphatic carbocycles. The number of carbonyl (C=O) groups is 1. The lowest BCUT2D eigenvalue weighted by molar-refractivity contribution is -0.138. The van der Waals surface area contributed by atoms with Crippen LogP contribution >= 0.6 is 0 Å². The van der Waals surface area contributed by atoms with E-state index in [0.717, 1.165) is 0 Å². The Morgan fingerprint density at radius 2 is 1.90 bits per heavy atom. The van der Waals surface area contributed by atoms with Crippen molar-refractivity contribution in [3.63, 3.8) is 0 Å². The van der Waals surface area contributed by atoms with Gasteiger partial charge in [0.05, 0.1) is 5.56 Å². The summed E-state index contributed by atoms with van der Waals surface area (Å²) in [4.78, 5) is 13.5. The number of alkyl halides is 3. The number of aryl methyl sites for hydroxylation is 1. The van der Waals surface area contributed by atoms with E-state index in [1.54, 1.807) is 6.07 Å². The molecule has 1 aromatic rings. The van der Waals surface area contributed by atoms with Crippen LogP contribution in [0.15, 0.2) is 18.2 Å². The molecule has 1 aromatic carbocycles. The summed E-state index contributed by atoms with van der Waals surface area (Å²) in [5.74, 6) is 0.0243. The number of rotatable bonds is 1. The first-order valence-electron chi connectivity index (χ1n) is 6.69. The average molecular weight is 285 g/mol. The lowest BCUT2D eigenvalue weighted by Crippen LogP contribution is -2.47. The quantitative estimate of drug-likeness (QED) is 0.782. The summed E-state index contributed by atoms with van der Waals surface area (Å²) in [7, 11) is 0. The monoisotopic (exact) mass is 285 g/mol. The van der Waals surface area contributed by atoms with E-state index in [9.17, 15) is 18.0 Å². The first-order valence-corrected chi connectivity index (χ1v) is 6.69. The number of ketones is 1. The van der Waals surface area contributed by atoms with Crippen molar-refractivity contribution < 1.29 is 18.0 Å². The van der Waals surface area contributed by atoms with Crippen LogP contribution in [0.1, 0.15) is 31.4 Å². The molecule has 1 fully saturated rings. The molecule has 0 saturated carbocycles. The zero-order valence-corrected chi connectivity index (χ0v) is 11.8. The fourth-order valence-corrected chi connectivity index (χ4v) is 2.66. The number of halogens is 3. The maximum absolute atomic E-state index is 13.0. The molecule has 110 valence electrons. The minimum absolute atomic E-state index is 0.0833. The fourth-order valence-electron chi connectivity index (χ4n) is 2.66. The number of hydrogen-bond donors (Lipinski definition) is 0. The Bertz CT molecular complexity index is 524. The highest BCUT2D eigenvalue weighted by molar-refractivity contribution is 5.84. The zero-order chi connectivity index (χ0) is 15.1. The van der Waals surface area contributed by atoms with E-state index < -0.39 is 11.7 Å². The van der Waals surface area contributed by atoms with E-state index >= 15 is 0 Å². The predicted octanol–water partition coefficient (Wildman–Crippen LogP) is 3.82. The van der Waals surface area contributed by atoms with Gasteiger partial charge in [0, 0.05) is 30.6 Å². The van der Waals surface area contributed by atoms with Crippen molar-refractivity contribution in [3.05, 3.63) is 29.3 Å². The van der Waals surface area contributed by atoms with Crippen molar-refractivity contribution in [2.75, 3.05) is 11.4 Å². The van der Waals surface area contributed by atoms with Gasteiger partial charge in [-0.15, -0.1) is 0 Å². The van der Waals surface area contributed by atoms with Crippen LogP contribution in [0.5, 0.6) is 0 Å². The summed E-state index contributed by atoms with van der Waals surface area (Å²) >= 11 is 0. The van der Waals surface area contributed by atoms with Gasteiger partial charge in [-0.2, -0.15) is 13.2 Å². The van der Waals surface area contributed by atoms with E-state index in [1.165, 1.54) is 19.1 Å². The van der Waals surface area contributed by atoms with Crippen LogP contribution in [0.2, 0.25) is 0 Å². The number of benzene rings is 1. The molecule has 0 N–H and O–H groups in total. The number of anilines is 1. The minimum atomic E-state index is -4.35. The molecule has 20 heavy (non-hydrogen) atoms.